The summed E-state index contributed by atoms with van der Waals surface area (Å²) in [6, 6.07) is 0. The molecular weight excluding hydrogens is 262 g/mol. The van der Waals surface area contributed by atoms with E-state index in [1.807, 2.05) is 11.8 Å². The lowest BCUT2D eigenvalue weighted by molar-refractivity contribution is 0.0939. The first-order valence-corrected chi connectivity index (χ1v) is 7.94. The van der Waals surface area contributed by atoms with Crippen LogP contribution in [0.1, 0.15) is 29.8 Å². The molecule has 0 radical (unpaired) electrons. The summed E-state index contributed by atoms with van der Waals surface area (Å²) in [5.74, 6) is 3.22. The van der Waals surface area contributed by atoms with Crippen LogP contribution in [0.2, 0.25) is 0 Å². The number of nitrogens with one attached hydrogen (secondary N) is 2. The highest BCUT2D eigenvalue weighted by atomic mass is 32.2. The summed E-state index contributed by atoms with van der Waals surface area (Å²) in [6.45, 7) is 5.85. The molecule has 1 fully saturated rings. The fraction of sp³-hybridized carbons (Fsp3) is 0.750. The van der Waals surface area contributed by atoms with Gasteiger partial charge in [0.25, 0.3) is 5.91 Å². The van der Waals surface area contributed by atoms with Gasteiger partial charge in [-0.15, -0.1) is 5.10 Å². The van der Waals surface area contributed by atoms with Gasteiger partial charge in [0.15, 0.2) is 0 Å². The number of hydrogen-bond donors (Lipinski definition) is 2. The van der Waals surface area contributed by atoms with E-state index in [0.29, 0.717) is 6.54 Å². The van der Waals surface area contributed by atoms with Gasteiger partial charge in [0.2, 0.25) is 5.82 Å². The summed E-state index contributed by atoms with van der Waals surface area (Å²) < 4.78 is 0. The van der Waals surface area contributed by atoms with E-state index >= 15 is 0 Å². The number of rotatable bonds is 6. The van der Waals surface area contributed by atoms with E-state index < -0.39 is 0 Å². The average Bonchev–Trinajstić information content (AvgIpc) is 2.89. The Kier molecular flexibility index (Phi) is 5.65. The third-order valence-electron chi connectivity index (χ3n) is 3.04. The molecule has 1 aliphatic rings. The Morgan fingerprint density at radius 1 is 1.47 bits per heavy atom. The molecule has 2 heterocycles. The zero-order chi connectivity index (χ0) is 13.5. The molecule has 1 aromatic heterocycles. The Hall–Kier alpha value is -1.08. The van der Waals surface area contributed by atoms with Gasteiger partial charge >= 0.3 is 0 Å². The van der Waals surface area contributed by atoms with E-state index in [0.717, 1.165) is 38.3 Å². The van der Waals surface area contributed by atoms with Crippen molar-refractivity contribution in [2.45, 2.75) is 19.8 Å². The van der Waals surface area contributed by atoms with Crippen LogP contribution in [0.3, 0.4) is 0 Å². The second-order valence-electron chi connectivity index (χ2n) is 4.57. The topological polar surface area (TPSA) is 73.9 Å². The van der Waals surface area contributed by atoms with Crippen LogP contribution in [-0.2, 0) is 6.42 Å². The molecule has 2 rings (SSSR count). The zero-order valence-electron chi connectivity index (χ0n) is 11.3. The Balaban J connectivity index is 1.70. The van der Waals surface area contributed by atoms with Crippen LogP contribution in [0, 0.1) is 0 Å². The number of nitrogens with zero attached hydrogens (tertiary/aromatic N) is 3. The molecule has 1 aromatic rings. The van der Waals surface area contributed by atoms with Crippen molar-refractivity contribution in [1.29, 1.82) is 0 Å². The van der Waals surface area contributed by atoms with Crippen molar-refractivity contribution in [3.63, 3.8) is 0 Å². The Morgan fingerprint density at radius 2 is 2.26 bits per heavy atom. The van der Waals surface area contributed by atoms with Crippen LogP contribution in [-0.4, -0.2) is 63.7 Å². The van der Waals surface area contributed by atoms with E-state index in [4.69, 9.17) is 0 Å². The number of H-pyrrole nitrogens is 1. The maximum absolute atomic E-state index is 11.8. The van der Waals surface area contributed by atoms with Crippen LogP contribution in [0.25, 0.3) is 0 Å². The quantitative estimate of drug-likeness (QED) is 0.797. The smallest absolute Gasteiger partial charge is 0.291 e. The molecule has 0 atom stereocenters. The van der Waals surface area contributed by atoms with E-state index in [1.165, 1.54) is 11.5 Å². The third-order valence-corrected chi connectivity index (χ3v) is 3.98. The second kappa shape index (κ2) is 7.49. The summed E-state index contributed by atoms with van der Waals surface area (Å²) >= 11 is 1.99. The van der Waals surface area contributed by atoms with Gasteiger partial charge in [-0.1, -0.05) is 6.92 Å². The molecule has 0 saturated carbocycles. The summed E-state index contributed by atoms with van der Waals surface area (Å²) in [7, 11) is 0. The minimum Gasteiger partial charge on any atom is -0.348 e. The predicted molar refractivity (Wildman–Crippen MR) is 76.5 cm³/mol. The molecule has 6 nitrogen and oxygen atoms in total. The summed E-state index contributed by atoms with van der Waals surface area (Å²) in [6.07, 6.45) is 1.81. The Morgan fingerprint density at radius 3 is 3.00 bits per heavy atom. The van der Waals surface area contributed by atoms with Gasteiger partial charge in [-0.2, -0.15) is 11.8 Å². The fourth-order valence-corrected chi connectivity index (χ4v) is 2.96. The van der Waals surface area contributed by atoms with Crippen molar-refractivity contribution in [1.82, 2.24) is 25.4 Å². The number of carbonyl (C=O) groups excluding carboxylic acids is 1. The number of thioether (sulfide) groups is 1. The van der Waals surface area contributed by atoms with Crippen LogP contribution < -0.4 is 5.32 Å². The van der Waals surface area contributed by atoms with E-state index in [1.54, 1.807) is 0 Å². The van der Waals surface area contributed by atoms with Crippen molar-refractivity contribution < 1.29 is 4.79 Å². The molecule has 0 unspecified atom stereocenters. The van der Waals surface area contributed by atoms with Gasteiger partial charge in [-0.05, 0) is 6.42 Å². The number of aromatic nitrogens is 3. The van der Waals surface area contributed by atoms with Crippen molar-refractivity contribution in [3.8, 4) is 0 Å². The van der Waals surface area contributed by atoms with Crippen LogP contribution >= 0.6 is 11.8 Å². The molecule has 0 aromatic carbocycles. The molecular formula is C12H21N5OS. The van der Waals surface area contributed by atoms with E-state index in [-0.39, 0.29) is 11.7 Å². The molecule has 19 heavy (non-hydrogen) atoms. The number of aromatic amines is 1. The highest BCUT2D eigenvalue weighted by molar-refractivity contribution is 7.99. The minimum absolute atomic E-state index is 0.190. The molecule has 1 amide bonds. The van der Waals surface area contributed by atoms with Crippen molar-refractivity contribution in [2.75, 3.05) is 37.7 Å². The fourth-order valence-electron chi connectivity index (χ4n) is 1.98. The molecule has 0 aliphatic carbocycles. The van der Waals surface area contributed by atoms with Gasteiger partial charge < -0.3 is 5.32 Å². The first-order chi connectivity index (χ1) is 9.29. The molecule has 0 spiro atoms. The maximum atomic E-state index is 11.8. The Labute approximate surface area is 117 Å². The van der Waals surface area contributed by atoms with Crippen LogP contribution in [0.4, 0.5) is 0 Å². The summed E-state index contributed by atoms with van der Waals surface area (Å²) in [4.78, 5) is 18.4. The normalized spacial score (nSPS) is 16.5. The lowest BCUT2D eigenvalue weighted by Gasteiger charge is -2.25. The summed E-state index contributed by atoms with van der Waals surface area (Å²) in [5, 5.41) is 9.60. The summed E-state index contributed by atoms with van der Waals surface area (Å²) in [5.41, 5.74) is 0. The predicted octanol–water partition coefficient (Wildman–Crippen LogP) is 0.536. The largest absolute Gasteiger partial charge is 0.348 e. The number of aryl methyl sites for hydroxylation is 1. The van der Waals surface area contributed by atoms with E-state index in [2.05, 4.69) is 32.3 Å². The molecule has 7 heteroatoms. The van der Waals surface area contributed by atoms with Crippen LogP contribution in [0.5, 0.6) is 0 Å². The first kappa shape index (κ1) is 14.3. The van der Waals surface area contributed by atoms with Gasteiger partial charge in [-0.25, -0.2) is 4.98 Å². The molecule has 106 valence electrons. The van der Waals surface area contributed by atoms with Gasteiger partial charge in [-0.3, -0.25) is 14.8 Å². The zero-order valence-corrected chi connectivity index (χ0v) is 12.1. The monoisotopic (exact) mass is 283 g/mol. The van der Waals surface area contributed by atoms with Crippen LogP contribution in [0.15, 0.2) is 0 Å². The highest BCUT2D eigenvalue weighted by Crippen LogP contribution is 2.07. The number of amides is 1. The minimum atomic E-state index is -0.190. The lowest BCUT2D eigenvalue weighted by atomic mass is 10.3. The average molecular weight is 283 g/mol. The highest BCUT2D eigenvalue weighted by Gasteiger charge is 2.13. The standard InChI is InChI=1S/C12H21N5OS/c1-2-3-10-14-11(16-15-10)12(18)13-4-5-17-6-8-19-9-7-17/h2-9H2,1H3,(H,13,18)(H,14,15,16). The van der Waals surface area contributed by atoms with Gasteiger partial charge in [0, 0.05) is 44.1 Å². The van der Waals surface area contributed by atoms with E-state index in [9.17, 15) is 4.79 Å². The van der Waals surface area contributed by atoms with Crippen molar-refractivity contribution >= 4 is 17.7 Å². The molecule has 2 N–H and O–H groups in total. The first-order valence-electron chi connectivity index (χ1n) is 6.79. The van der Waals surface area contributed by atoms with Crippen molar-refractivity contribution in [3.05, 3.63) is 11.6 Å². The number of hydrogen-bond acceptors (Lipinski definition) is 5. The second-order valence-corrected chi connectivity index (χ2v) is 5.79. The third kappa shape index (κ3) is 4.50. The molecule has 0 bridgehead atoms. The molecule has 1 aliphatic heterocycles. The number of carbonyl (C=O) groups is 1. The molecule has 1 saturated heterocycles. The maximum Gasteiger partial charge on any atom is 0.291 e. The van der Waals surface area contributed by atoms with Gasteiger partial charge in [0.1, 0.15) is 5.82 Å². The Bertz CT molecular complexity index is 403. The lowest BCUT2D eigenvalue weighted by Crippen LogP contribution is -2.39. The SMILES string of the molecule is CCCc1nc(C(=O)NCCN2CCSCC2)n[nH]1. The van der Waals surface area contributed by atoms with Gasteiger partial charge in [0.05, 0.1) is 0 Å². The van der Waals surface area contributed by atoms with Crippen molar-refractivity contribution in [2.24, 2.45) is 0 Å².